The van der Waals surface area contributed by atoms with Gasteiger partial charge in [-0.2, -0.15) is 13.2 Å². The second-order valence-corrected chi connectivity index (χ2v) is 6.43. The van der Waals surface area contributed by atoms with E-state index >= 15 is 0 Å². The van der Waals surface area contributed by atoms with Crippen LogP contribution >= 0.6 is 0 Å². The molecule has 2 aromatic rings. The summed E-state index contributed by atoms with van der Waals surface area (Å²) in [5.41, 5.74) is -0.605. The minimum atomic E-state index is -4.49. The van der Waals surface area contributed by atoms with E-state index in [1.54, 1.807) is 0 Å². The molecule has 0 bridgehead atoms. The van der Waals surface area contributed by atoms with E-state index in [1.165, 1.54) is 29.8 Å². The molecule has 0 saturated carbocycles. The van der Waals surface area contributed by atoms with Crippen LogP contribution in [0.2, 0.25) is 0 Å². The Bertz CT molecular complexity index is 899. The summed E-state index contributed by atoms with van der Waals surface area (Å²) in [4.78, 5) is 30.1. The van der Waals surface area contributed by atoms with E-state index < -0.39 is 30.2 Å². The van der Waals surface area contributed by atoms with Gasteiger partial charge in [0.05, 0.1) is 5.56 Å². The molecule has 0 spiro atoms. The van der Waals surface area contributed by atoms with Gasteiger partial charge in [0.15, 0.2) is 0 Å². The van der Waals surface area contributed by atoms with Gasteiger partial charge in [-0.05, 0) is 6.92 Å². The van der Waals surface area contributed by atoms with Crippen LogP contribution in [0.15, 0.2) is 15.5 Å². The first kappa shape index (κ1) is 19.4. The average Bonchev–Trinajstić information content (AvgIpc) is 2.95. The lowest BCUT2D eigenvalue weighted by Gasteiger charge is -2.35. The first-order chi connectivity index (χ1) is 12.7. The zero-order chi connectivity index (χ0) is 19.8. The highest BCUT2D eigenvalue weighted by atomic mass is 19.4. The third-order valence-electron chi connectivity index (χ3n) is 4.60. The molecule has 1 aliphatic heterocycles. The van der Waals surface area contributed by atoms with E-state index in [0.717, 1.165) is 0 Å². The summed E-state index contributed by atoms with van der Waals surface area (Å²) in [5, 5.41) is 5.27. The summed E-state index contributed by atoms with van der Waals surface area (Å²) in [6.07, 6.45) is -3.24. The minimum absolute atomic E-state index is 0.0183. The molecule has 1 fully saturated rings. The Hall–Kier alpha value is -2.40. The number of nitrogens with one attached hydrogen (secondary N) is 2. The normalized spacial score (nSPS) is 17.2. The lowest BCUT2D eigenvalue weighted by atomic mass is 10.1. The van der Waals surface area contributed by atoms with Crippen LogP contribution in [0.1, 0.15) is 16.1 Å². The lowest BCUT2D eigenvalue weighted by molar-refractivity contribution is -0.183. The number of carbonyl (C=O) groups is 1. The smallest absolute Gasteiger partial charge is 0.405 e. The number of hydrogen-bond donors (Lipinski definition) is 2. The fourth-order valence-electron chi connectivity index (χ4n) is 3.18. The van der Waals surface area contributed by atoms with Gasteiger partial charge in [0.25, 0.3) is 11.5 Å². The van der Waals surface area contributed by atoms with Gasteiger partial charge in [-0.25, -0.2) is 4.98 Å². The Morgan fingerprint density at radius 2 is 2.07 bits per heavy atom. The van der Waals surface area contributed by atoms with Crippen molar-refractivity contribution in [3.05, 3.63) is 28.0 Å². The van der Waals surface area contributed by atoms with E-state index in [2.05, 4.69) is 15.6 Å². The van der Waals surface area contributed by atoms with Crippen molar-refractivity contribution in [2.45, 2.75) is 19.1 Å². The highest BCUT2D eigenvalue weighted by Gasteiger charge is 2.44. The van der Waals surface area contributed by atoms with Crippen molar-refractivity contribution in [3.63, 3.8) is 0 Å². The molecule has 3 rings (SSSR count). The number of piperazine rings is 1. The molecular formula is C16H20F3N5O3. The first-order valence-corrected chi connectivity index (χ1v) is 8.44. The zero-order valence-electron chi connectivity index (χ0n) is 14.9. The van der Waals surface area contributed by atoms with Crippen molar-refractivity contribution in [2.24, 2.45) is 7.05 Å². The maximum atomic E-state index is 13.5. The SMILES string of the molecule is Cc1oc2ncn(C)c(=O)c2c1C(=O)NCC(N1CCNCC1)C(F)(F)F. The molecule has 1 aliphatic rings. The molecule has 1 unspecified atom stereocenters. The van der Waals surface area contributed by atoms with E-state index in [1.807, 2.05) is 0 Å². The van der Waals surface area contributed by atoms with Crippen LogP contribution in [0.5, 0.6) is 0 Å². The topological polar surface area (TPSA) is 92.4 Å². The molecule has 2 aromatic heterocycles. The predicted octanol–water partition coefficient (Wildman–Crippen LogP) is 0.401. The van der Waals surface area contributed by atoms with Gasteiger partial charge in [-0.15, -0.1) is 0 Å². The van der Waals surface area contributed by atoms with Crippen molar-refractivity contribution in [1.82, 2.24) is 25.1 Å². The number of aromatic nitrogens is 2. The maximum absolute atomic E-state index is 13.5. The van der Waals surface area contributed by atoms with Crippen LogP contribution < -0.4 is 16.2 Å². The zero-order valence-corrected chi connectivity index (χ0v) is 14.9. The predicted molar refractivity (Wildman–Crippen MR) is 90.6 cm³/mol. The fourth-order valence-corrected chi connectivity index (χ4v) is 3.18. The van der Waals surface area contributed by atoms with Gasteiger partial charge in [0, 0.05) is 39.8 Å². The molecule has 1 atom stereocenters. The van der Waals surface area contributed by atoms with Crippen molar-refractivity contribution in [2.75, 3.05) is 32.7 Å². The largest absolute Gasteiger partial charge is 0.442 e. The number of hydrogen-bond acceptors (Lipinski definition) is 6. The standard InChI is InChI=1S/C16H20F3N5O3/c1-9-11(12-14(27-9)22-8-23(2)15(12)26)13(25)21-7-10(16(17,18)19)24-5-3-20-4-6-24/h8,10,20H,3-7H2,1-2H3,(H,21,25). The Morgan fingerprint density at radius 1 is 1.41 bits per heavy atom. The van der Waals surface area contributed by atoms with E-state index in [4.69, 9.17) is 4.42 Å². The molecule has 27 heavy (non-hydrogen) atoms. The van der Waals surface area contributed by atoms with E-state index in [9.17, 15) is 22.8 Å². The quantitative estimate of drug-likeness (QED) is 0.789. The van der Waals surface area contributed by atoms with Gasteiger partial charge in [-0.3, -0.25) is 14.5 Å². The summed E-state index contributed by atoms with van der Waals surface area (Å²) in [6.45, 7) is 2.22. The molecular weight excluding hydrogens is 367 g/mol. The lowest BCUT2D eigenvalue weighted by Crippen LogP contribution is -2.57. The third kappa shape index (κ3) is 3.83. The van der Waals surface area contributed by atoms with Crippen molar-refractivity contribution in [1.29, 1.82) is 0 Å². The highest BCUT2D eigenvalue weighted by molar-refractivity contribution is 6.06. The Labute approximate surface area is 152 Å². The van der Waals surface area contributed by atoms with Crippen LogP contribution in [0.3, 0.4) is 0 Å². The van der Waals surface area contributed by atoms with Crippen molar-refractivity contribution >= 4 is 17.0 Å². The summed E-state index contributed by atoms with van der Waals surface area (Å²) in [6, 6.07) is -1.80. The summed E-state index contributed by atoms with van der Waals surface area (Å²) < 4.78 is 46.8. The first-order valence-electron chi connectivity index (χ1n) is 8.44. The number of carbonyl (C=O) groups excluding carboxylic acids is 1. The van der Waals surface area contributed by atoms with Crippen LogP contribution in [-0.2, 0) is 7.05 Å². The van der Waals surface area contributed by atoms with Gasteiger partial charge in [0.1, 0.15) is 23.5 Å². The van der Waals surface area contributed by atoms with Gasteiger partial charge >= 0.3 is 6.18 Å². The number of alkyl halides is 3. The van der Waals surface area contributed by atoms with E-state index in [0.29, 0.717) is 13.1 Å². The minimum Gasteiger partial charge on any atom is -0.442 e. The van der Waals surface area contributed by atoms with Crippen molar-refractivity contribution < 1.29 is 22.4 Å². The summed E-state index contributed by atoms with van der Waals surface area (Å²) in [5.74, 6) is -0.662. The van der Waals surface area contributed by atoms with Crippen LogP contribution in [0.4, 0.5) is 13.2 Å². The molecule has 8 nitrogen and oxygen atoms in total. The third-order valence-corrected chi connectivity index (χ3v) is 4.60. The number of rotatable bonds is 4. The molecule has 1 saturated heterocycles. The maximum Gasteiger partial charge on any atom is 0.405 e. The molecule has 1 amide bonds. The number of amides is 1. The molecule has 0 aliphatic carbocycles. The molecule has 3 heterocycles. The van der Waals surface area contributed by atoms with Gasteiger partial charge < -0.3 is 19.6 Å². The summed E-state index contributed by atoms with van der Waals surface area (Å²) in [7, 11) is 1.46. The van der Waals surface area contributed by atoms with Crippen LogP contribution in [0, 0.1) is 6.92 Å². The second-order valence-electron chi connectivity index (χ2n) is 6.43. The highest BCUT2D eigenvalue weighted by Crippen LogP contribution is 2.25. The molecule has 0 aromatic carbocycles. The summed E-state index contributed by atoms with van der Waals surface area (Å²) >= 11 is 0. The molecule has 2 N–H and O–H groups in total. The second kappa shape index (κ2) is 7.31. The van der Waals surface area contributed by atoms with Gasteiger partial charge in [0.2, 0.25) is 5.71 Å². The van der Waals surface area contributed by atoms with Crippen LogP contribution in [-0.4, -0.2) is 65.3 Å². The number of fused-ring (bicyclic) bond motifs is 1. The molecule has 0 radical (unpaired) electrons. The Kier molecular flexibility index (Phi) is 5.24. The Morgan fingerprint density at radius 3 is 2.70 bits per heavy atom. The monoisotopic (exact) mass is 387 g/mol. The number of halogens is 3. The number of nitrogens with zero attached hydrogens (tertiary/aromatic N) is 3. The van der Waals surface area contributed by atoms with Crippen LogP contribution in [0.25, 0.3) is 11.1 Å². The molecule has 148 valence electrons. The van der Waals surface area contributed by atoms with E-state index in [-0.39, 0.29) is 35.5 Å². The average molecular weight is 387 g/mol. The number of aryl methyl sites for hydroxylation is 2. The number of furan rings is 1. The fraction of sp³-hybridized carbons (Fsp3) is 0.562. The Balaban J connectivity index is 1.84. The molecule has 11 heteroatoms. The van der Waals surface area contributed by atoms with Gasteiger partial charge in [-0.1, -0.05) is 0 Å². The van der Waals surface area contributed by atoms with Crippen molar-refractivity contribution in [3.8, 4) is 0 Å².